The number of hydrogen-bond acceptors (Lipinski definition) is 3. The van der Waals surface area contributed by atoms with Crippen molar-refractivity contribution in [1.82, 2.24) is 4.31 Å². The molecular formula is C17H16Cl2N2O3S. The van der Waals surface area contributed by atoms with E-state index in [1.54, 1.807) is 25.2 Å². The van der Waals surface area contributed by atoms with E-state index in [2.05, 4.69) is 5.32 Å². The molecule has 0 saturated heterocycles. The first kappa shape index (κ1) is 18.2. The molecule has 1 saturated carbocycles. The molecule has 2 aromatic carbocycles. The van der Waals surface area contributed by atoms with Gasteiger partial charge in [0.15, 0.2) is 0 Å². The van der Waals surface area contributed by atoms with Crippen LogP contribution in [0.3, 0.4) is 0 Å². The molecule has 0 spiro atoms. The van der Waals surface area contributed by atoms with Gasteiger partial charge in [0.05, 0.1) is 4.90 Å². The number of nitrogens with zero attached hydrogens (tertiary/aromatic N) is 1. The Kier molecular flexibility index (Phi) is 5.06. The molecule has 0 unspecified atom stereocenters. The summed E-state index contributed by atoms with van der Waals surface area (Å²) in [7, 11) is -1.94. The summed E-state index contributed by atoms with van der Waals surface area (Å²) in [6, 6.07) is 10.6. The molecular weight excluding hydrogens is 383 g/mol. The Morgan fingerprint density at radius 2 is 1.64 bits per heavy atom. The molecule has 1 fully saturated rings. The molecule has 3 rings (SSSR count). The van der Waals surface area contributed by atoms with Gasteiger partial charge in [-0.15, -0.1) is 0 Å². The van der Waals surface area contributed by atoms with E-state index in [1.165, 1.54) is 28.6 Å². The summed E-state index contributed by atoms with van der Waals surface area (Å²) in [5.74, 6) is -0.377. The predicted molar refractivity (Wildman–Crippen MR) is 98.8 cm³/mol. The number of hydrogen-bond donors (Lipinski definition) is 1. The van der Waals surface area contributed by atoms with Crippen LogP contribution in [0, 0.1) is 0 Å². The summed E-state index contributed by atoms with van der Waals surface area (Å²) >= 11 is 11.8. The number of rotatable bonds is 5. The number of nitrogens with one attached hydrogen (secondary N) is 1. The van der Waals surface area contributed by atoms with Gasteiger partial charge < -0.3 is 5.32 Å². The zero-order chi connectivity index (χ0) is 18.2. The molecule has 0 bridgehead atoms. The van der Waals surface area contributed by atoms with E-state index in [0.717, 1.165) is 12.8 Å². The van der Waals surface area contributed by atoms with Crippen molar-refractivity contribution >= 4 is 44.8 Å². The normalized spacial score (nSPS) is 14.6. The smallest absolute Gasteiger partial charge is 0.255 e. The van der Waals surface area contributed by atoms with Gasteiger partial charge in [0.2, 0.25) is 10.0 Å². The second-order valence-electron chi connectivity index (χ2n) is 5.89. The Morgan fingerprint density at radius 1 is 1.08 bits per heavy atom. The third-order valence-corrected chi connectivity index (χ3v) is 6.34. The van der Waals surface area contributed by atoms with Gasteiger partial charge in [-0.1, -0.05) is 23.2 Å². The van der Waals surface area contributed by atoms with Gasteiger partial charge in [0.1, 0.15) is 0 Å². The molecule has 132 valence electrons. The first-order valence-corrected chi connectivity index (χ1v) is 9.82. The Bertz CT molecular complexity index is 890. The zero-order valence-corrected chi connectivity index (χ0v) is 15.7. The predicted octanol–water partition coefficient (Wildman–Crippen LogP) is 4.03. The van der Waals surface area contributed by atoms with Crippen molar-refractivity contribution in [3.63, 3.8) is 0 Å². The lowest BCUT2D eigenvalue weighted by Crippen LogP contribution is -2.29. The van der Waals surface area contributed by atoms with Crippen molar-refractivity contribution in [1.29, 1.82) is 0 Å². The molecule has 1 amide bonds. The minimum atomic E-state index is -3.52. The molecule has 8 heteroatoms. The van der Waals surface area contributed by atoms with Crippen molar-refractivity contribution < 1.29 is 13.2 Å². The van der Waals surface area contributed by atoms with Crippen LogP contribution in [0.5, 0.6) is 0 Å². The van der Waals surface area contributed by atoms with Crippen LogP contribution in [0.25, 0.3) is 0 Å². The highest BCUT2D eigenvalue weighted by molar-refractivity contribution is 7.89. The molecule has 1 N–H and O–H groups in total. The van der Waals surface area contributed by atoms with Crippen molar-refractivity contribution in [3.8, 4) is 0 Å². The summed E-state index contributed by atoms with van der Waals surface area (Å²) in [6.45, 7) is 0. The second-order valence-corrected chi connectivity index (χ2v) is 8.76. The largest absolute Gasteiger partial charge is 0.322 e. The second kappa shape index (κ2) is 6.96. The third kappa shape index (κ3) is 4.15. The highest BCUT2D eigenvalue weighted by atomic mass is 35.5. The molecule has 1 aliphatic carbocycles. The summed E-state index contributed by atoms with van der Waals surface area (Å²) in [5.41, 5.74) is 0.803. The molecule has 0 radical (unpaired) electrons. The minimum absolute atomic E-state index is 0.0838. The number of sulfonamides is 1. The van der Waals surface area contributed by atoms with Gasteiger partial charge >= 0.3 is 0 Å². The number of benzene rings is 2. The number of anilines is 1. The van der Waals surface area contributed by atoms with Crippen LogP contribution < -0.4 is 5.32 Å². The first-order chi connectivity index (χ1) is 11.8. The van der Waals surface area contributed by atoms with Crippen molar-refractivity contribution in [3.05, 3.63) is 58.1 Å². The maximum absolute atomic E-state index is 12.5. The third-order valence-electron chi connectivity index (χ3n) is 3.98. The van der Waals surface area contributed by atoms with E-state index in [9.17, 15) is 13.2 Å². The maximum atomic E-state index is 12.5. The number of halogens is 2. The molecule has 25 heavy (non-hydrogen) atoms. The van der Waals surface area contributed by atoms with E-state index in [0.29, 0.717) is 21.3 Å². The zero-order valence-electron chi connectivity index (χ0n) is 13.4. The van der Waals surface area contributed by atoms with Gasteiger partial charge in [0.25, 0.3) is 5.91 Å². The highest BCUT2D eigenvalue weighted by Gasteiger charge is 2.34. The average molecular weight is 399 g/mol. The van der Waals surface area contributed by atoms with Crippen molar-refractivity contribution in [2.24, 2.45) is 0 Å². The van der Waals surface area contributed by atoms with Crippen molar-refractivity contribution in [2.75, 3.05) is 12.4 Å². The van der Waals surface area contributed by atoms with Gasteiger partial charge in [-0.25, -0.2) is 8.42 Å². The lowest BCUT2D eigenvalue weighted by molar-refractivity contribution is 0.102. The Morgan fingerprint density at radius 3 is 2.16 bits per heavy atom. The summed E-state index contributed by atoms with van der Waals surface area (Å²) in [6.07, 6.45) is 1.77. The number of carbonyl (C=O) groups is 1. The molecule has 1 aliphatic rings. The molecule has 0 aromatic heterocycles. The van der Waals surface area contributed by atoms with E-state index < -0.39 is 10.0 Å². The molecule has 2 aromatic rings. The van der Waals surface area contributed by atoms with E-state index in [1.807, 2.05) is 0 Å². The summed E-state index contributed by atoms with van der Waals surface area (Å²) in [4.78, 5) is 12.5. The van der Waals surface area contributed by atoms with E-state index in [4.69, 9.17) is 23.2 Å². The lowest BCUT2D eigenvalue weighted by Gasteiger charge is -2.16. The molecule has 5 nitrogen and oxygen atoms in total. The van der Waals surface area contributed by atoms with Crippen LogP contribution >= 0.6 is 23.2 Å². The summed E-state index contributed by atoms with van der Waals surface area (Å²) in [5, 5.41) is 3.50. The highest BCUT2D eigenvalue weighted by Crippen LogP contribution is 2.30. The fourth-order valence-electron chi connectivity index (χ4n) is 2.41. The quantitative estimate of drug-likeness (QED) is 0.826. The molecule has 0 heterocycles. The minimum Gasteiger partial charge on any atom is -0.322 e. The maximum Gasteiger partial charge on any atom is 0.255 e. The van der Waals surface area contributed by atoms with Crippen LogP contribution in [0.15, 0.2) is 47.4 Å². The first-order valence-electron chi connectivity index (χ1n) is 7.63. The van der Waals surface area contributed by atoms with Crippen LogP contribution in [0.4, 0.5) is 5.69 Å². The topological polar surface area (TPSA) is 66.5 Å². The van der Waals surface area contributed by atoms with Crippen molar-refractivity contribution in [2.45, 2.75) is 23.8 Å². The van der Waals surface area contributed by atoms with Gasteiger partial charge in [-0.3, -0.25) is 4.79 Å². The monoisotopic (exact) mass is 398 g/mol. The van der Waals surface area contributed by atoms with Gasteiger partial charge in [-0.2, -0.15) is 4.31 Å². The lowest BCUT2D eigenvalue weighted by atomic mass is 10.2. The van der Waals surface area contributed by atoms with E-state index in [-0.39, 0.29) is 16.8 Å². The Hall–Kier alpha value is -1.60. The molecule has 0 aliphatic heterocycles. The van der Waals surface area contributed by atoms with Crippen LogP contribution in [-0.2, 0) is 10.0 Å². The summed E-state index contributed by atoms with van der Waals surface area (Å²) < 4.78 is 26.3. The van der Waals surface area contributed by atoms with Crippen LogP contribution in [0.1, 0.15) is 23.2 Å². The van der Waals surface area contributed by atoms with Crippen LogP contribution in [0.2, 0.25) is 10.0 Å². The van der Waals surface area contributed by atoms with Crippen LogP contribution in [-0.4, -0.2) is 31.7 Å². The number of carbonyl (C=O) groups excluding carboxylic acids is 1. The average Bonchev–Trinajstić information content (AvgIpc) is 3.38. The Labute approximate surface area is 156 Å². The van der Waals surface area contributed by atoms with Gasteiger partial charge in [-0.05, 0) is 55.3 Å². The Balaban J connectivity index is 1.76. The SMILES string of the molecule is CN(C1CC1)S(=O)(=O)c1ccc(C(=O)Nc2cc(Cl)cc(Cl)c2)cc1. The van der Waals surface area contributed by atoms with Gasteiger partial charge in [0, 0.05) is 34.4 Å². The fraction of sp³-hybridized carbons (Fsp3) is 0.235. The standard InChI is InChI=1S/C17H16Cl2N2O3S/c1-21(15-4-5-15)25(23,24)16-6-2-11(3-7-16)17(22)20-14-9-12(18)8-13(19)10-14/h2-3,6-10,15H,4-5H2,1H3,(H,20,22). The molecule has 0 atom stereocenters. The number of amides is 1. The van der Waals surface area contributed by atoms with E-state index >= 15 is 0 Å². The fourth-order valence-corrected chi connectivity index (χ4v) is 4.35.